The molecule has 1 aliphatic rings. The Hall–Kier alpha value is -1.99. The molecule has 0 aliphatic carbocycles. The lowest BCUT2D eigenvalue weighted by Gasteiger charge is -2.31. The van der Waals surface area contributed by atoms with Crippen molar-refractivity contribution in [1.29, 1.82) is 0 Å². The number of nitrogens with zero attached hydrogens (tertiary/aromatic N) is 3. The van der Waals surface area contributed by atoms with Crippen LogP contribution in [-0.2, 0) is 9.53 Å². The van der Waals surface area contributed by atoms with Crippen molar-refractivity contribution >= 4 is 11.9 Å². The molecular formula is C14H19F2N3O3. The maximum Gasteiger partial charge on any atom is 0.333 e. The van der Waals surface area contributed by atoms with Crippen molar-refractivity contribution in [2.45, 2.75) is 33.2 Å². The number of carbonyl (C=O) groups excluding carboxylic acids is 2. The molecule has 0 bridgehead atoms. The van der Waals surface area contributed by atoms with Crippen molar-refractivity contribution in [3.63, 3.8) is 0 Å². The van der Waals surface area contributed by atoms with Crippen LogP contribution in [0.5, 0.6) is 0 Å². The molecule has 1 aromatic rings. The van der Waals surface area contributed by atoms with Gasteiger partial charge in [0.2, 0.25) is 0 Å². The van der Waals surface area contributed by atoms with Crippen molar-refractivity contribution in [3.05, 3.63) is 17.5 Å². The van der Waals surface area contributed by atoms with E-state index in [2.05, 4.69) is 5.10 Å². The quantitative estimate of drug-likeness (QED) is 0.797. The minimum atomic E-state index is -2.78. The topological polar surface area (TPSA) is 64.4 Å². The van der Waals surface area contributed by atoms with E-state index in [0.717, 1.165) is 0 Å². The standard InChI is InChI=1S/C14H19F2N3O3/c1-3-22-13(21)10-5-4-6-18(8-10)12(20)11-7-9(2)19(17-11)14(15)16/h7,10,14H,3-6,8H2,1-2H3/t10-/m1/s1. The van der Waals surface area contributed by atoms with Crippen molar-refractivity contribution in [1.82, 2.24) is 14.7 Å². The number of ether oxygens (including phenoxy) is 1. The summed E-state index contributed by atoms with van der Waals surface area (Å²) in [6, 6.07) is 1.34. The van der Waals surface area contributed by atoms with Crippen LogP contribution < -0.4 is 0 Å². The Bertz CT molecular complexity index is 560. The van der Waals surface area contributed by atoms with E-state index in [1.807, 2.05) is 0 Å². The van der Waals surface area contributed by atoms with Crippen molar-refractivity contribution in [2.24, 2.45) is 5.92 Å². The van der Waals surface area contributed by atoms with Gasteiger partial charge in [-0.3, -0.25) is 9.59 Å². The third kappa shape index (κ3) is 3.42. The van der Waals surface area contributed by atoms with Gasteiger partial charge in [-0.05, 0) is 32.8 Å². The number of alkyl halides is 2. The van der Waals surface area contributed by atoms with Crippen LogP contribution in [0.15, 0.2) is 6.07 Å². The molecule has 1 fully saturated rings. The van der Waals surface area contributed by atoms with Crippen LogP contribution >= 0.6 is 0 Å². The molecule has 2 heterocycles. The molecule has 122 valence electrons. The second kappa shape index (κ2) is 6.85. The zero-order chi connectivity index (χ0) is 16.3. The Morgan fingerprint density at radius 1 is 1.50 bits per heavy atom. The summed E-state index contributed by atoms with van der Waals surface area (Å²) in [4.78, 5) is 25.6. The van der Waals surface area contributed by atoms with Crippen LogP contribution in [0.4, 0.5) is 8.78 Å². The molecule has 22 heavy (non-hydrogen) atoms. The number of carbonyl (C=O) groups is 2. The highest BCUT2D eigenvalue weighted by molar-refractivity contribution is 5.92. The van der Waals surface area contributed by atoms with Gasteiger partial charge in [0.15, 0.2) is 5.69 Å². The van der Waals surface area contributed by atoms with E-state index in [0.29, 0.717) is 30.7 Å². The molecular weight excluding hydrogens is 296 g/mol. The molecule has 1 saturated heterocycles. The highest BCUT2D eigenvalue weighted by Crippen LogP contribution is 2.21. The van der Waals surface area contributed by atoms with Crippen LogP contribution in [0.25, 0.3) is 0 Å². The molecule has 6 nitrogen and oxygen atoms in total. The summed E-state index contributed by atoms with van der Waals surface area (Å²) in [5.74, 6) is -1.12. The maximum atomic E-state index is 12.7. The SMILES string of the molecule is CCOC(=O)[C@@H]1CCCN(C(=O)c2cc(C)n(C(F)F)n2)C1. The fourth-order valence-corrected chi connectivity index (χ4v) is 2.57. The minimum absolute atomic E-state index is 0.0256. The van der Waals surface area contributed by atoms with Gasteiger partial charge in [-0.15, -0.1) is 0 Å². The molecule has 0 unspecified atom stereocenters. The Morgan fingerprint density at radius 2 is 2.23 bits per heavy atom. The van der Waals surface area contributed by atoms with Crippen LogP contribution in [0.2, 0.25) is 0 Å². The number of hydrogen-bond acceptors (Lipinski definition) is 4. The van der Waals surface area contributed by atoms with Gasteiger partial charge in [-0.25, -0.2) is 4.68 Å². The van der Waals surface area contributed by atoms with Crippen LogP contribution in [0.1, 0.15) is 42.5 Å². The van der Waals surface area contributed by atoms with E-state index >= 15 is 0 Å². The Kier molecular flexibility index (Phi) is 5.10. The van der Waals surface area contributed by atoms with E-state index in [-0.39, 0.29) is 29.8 Å². The van der Waals surface area contributed by atoms with Gasteiger partial charge in [-0.1, -0.05) is 0 Å². The Labute approximate surface area is 127 Å². The minimum Gasteiger partial charge on any atom is -0.466 e. The first-order valence-corrected chi connectivity index (χ1v) is 7.24. The highest BCUT2D eigenvalue weighted by atomic mass is 19.3. The lowest BCUT2D eigenvalue weighted by Crippen LogP contribution is -2.43. The summed E-state index contributed by atoms with van der Waals surface area (Å²) in [6.07, 6.45) is 1.33. The number of aromatic nitrogens is 2. The number of esters is 1. The molecule has 0 aromatic carbocycles. The largest absolute Gasteiger partial charge is 0.466 e. The van der Waals surface area contributed by atoms with Crippen LogP contribution in [-0.4, -0.2) is 46.3 Å². The van der Waals surface area contributed by atoms with E-state index in [4.69, 9.17) is 4.74 Å². The summed E-state index contributed by atoms with van der Waals surface area (Å²) in [5, 5.41) is 3.65. The predicted octanol–water partition coefficient (Wildman–Crippen LogP) is 2.00. The van der Waals surface area contributed by atoms with E-state index in [9.17, 15) is 18.4 Å². The molecule has 0 radical (unpaired) electrons. The van der Waals surface area contributed by atoms with Crippen LogP contribution in [0, 0.1) is 12.8 Å². The number of amides is 1. The van der Waals surface area contributed by atoms with Gasteiger partial charge in [0.25, 0.3) is 5.91 Å². The average molecular weight is 315 g/mol. The Morgan fingerprint density at radius 3 is 2.82 bits per heavy atom. The van der Waals surface area contributed by atoms with Crippen molar-refractivity contribution < 1.29 is 23.1 Å². The third-order valence-corrected chi connectivity index (χ3v) is 3.65. The Balaban J connectivity index is 2.09. The highest BCUT2D eigenvalue weighted by Gasteiger charge is 2.31. The van der Waals surface area contributed by atoms with Gasteiger partial charge < -0.3 is 9.64 Å². The summed E-state index contributed by atoms with van der Waals surface area (Å²) < 4.78 is 30.9. The van der Waals surface area contributed by atoms with Gasteiger partial charge in [0.05, 0.1) is 12.5 Å². The summed E-state index contributed by atoms with van der Waals surface area (Å²) in [6.45, 7) is 1.42. The maximum absolute atomic E-state index is 12.7. The molecule has 0 spiro atoms. The molecule has 0 N–H and O–H groups in total. The molecule has 0 saturated carbocycles. The van der Waals surface area contributed by atoms with Gasteiger partial charge in [0.1, 0.15) is 0 Å². The fourth-order valence-electron chi connectivity index (χ4n) is 2.57. The van der Waals surface area contributed by atoms with Crippen molar-refractivity contribution in [3.8, 4) is 0 Å². The van der Waals surface area contributed by atoms with E-state index in [1.165, 1.54) is 17.9 Å². The molecule has 8 heteroatoms. The molecule has 1 atom stereocenters. The first-order chi connectivity index (χ1) is 10.4. The third-order valence-electron chi connectivity index (χ3n) is 3.65. The zero-order valence-corrected chi connectivity index (χ0v) is 12.6. The first-order valence-electron chi connectivity index (χ1n) is 7.24. The van der Waals surface area contributed by atoms with Gasteiger partial charge in [0, 0.05) is 18.8 Å². The first kappa shape index (κ1) is 16.4. The molecule has 1 aromatic heterocycles. The fraction of sp³-hybridized carbons (Fsp3) is 0.643. The van der Waals surface area contributed by atoms with Crippen LogP contribution in [0.3, 0.4) is 0 Å². The van der Waals surface area contributed by atoms with E-state index < -0.39 is 12.5 Å². The predicted molar refractivity (Wildman–Crippen MR) is 73.5 cm³/mol. The number of halogens is 2. The zero-order valence-electron chi connectivity index (χ0n) is 12.6. The molecule has 1 amide bonds. The molecule has 2 rings (SSSR count). The number of rotatable bonds is 4. The monoisotopic (exact) mass is 315 g/mol. The number of hydrogen-bond donors (Lipinski definition) is 0. The summed E-state index contributed by atoms with van der Waals surface area (Å²) in [7, 11) is 0. The van der Waals surface area contributed by atoms with E-state index in [1.54, 1.807) is 6.92 Å². The number of likely N-dealkylation sites (tertiary alicyclic amines) is 1. The lowest BCUT2D eigenvalue weighted by molar-refractivity contribution is -0.149. The number of piperidine rings is 1. The van der Waals surface area contributed by atoms with Crippen molar-refractivity contribution in [2.75, 3.05) is 19.7 Å². The normalized spacial score (nSPS) is 18.6. The molecule has 1 aliphatic heterocycles. The van der Waals surface area contributed by atoms with Gasteiger partial charge in [-0.2, -0.15) is 13.9 Å². The number of aryl methyl sites for hydroxylation is 1. The average Bonchev–Trinajstić information content (AvgIpc) is 2.89. The lowest BCUT2D eigenvalue weighted by atomic mass is 9.98. The second-order valence-corrected chi connectivity index (χ2v) is 5.24. The second-order valence-electron chi connectivity index (χ2n) is 5.24. The van der Waals surface area contributed by atoms with Gasteiger partial charge >= 0.3 is 12.5 Å². The summed E-state index contributed by atoms with van der Waals surface area (Å²) >= 11 is 0. The smallest absolute Gasteiger partial charge is 0.333 e. The summed E-state index contributed by atoms with van der Waals surface area (Å²) in [5.41, 5.74) is 0.194.